The molecule has 0 amide bonds. The van der Waals surface area contributed by atoms with Gasteiger partial charge in [-0.3, -0.25) is 4.79 Å². The van der Waals surface area contributed by atoms with Gasteiger partial charge in [0, 0.05) is 11.8 Å². The van der Waals surface area contributed by atoms with Gasteiger partial charge in [-0.2, -0.15) is 0 Å². The standard InChI is InChI=1S/C20H28O4/c1-19-9-7-13(21)11-12(19)3-4-14-15-5-6-17(24-18(22)23)20(15,2)10-8-16(14)19/h11,14-17H,3-10H2,1-2H3,(H,22,23)/t14-,15-,16-,17-,19-,20-/m0/s1. The first-order chi connectivity index (χ1) is 11.3. The average Bonchev–Trinajstić information content (AvgIpc) is 2.84. The fourth-order valence-corrected chi connectivity index (χ4v) is 6.83. The summed E-state index contributed by atoms with van der Waals surface area (Å²) in [6.45, 7) is 4.64. The van der Waals surface area contributed by atoms with Crippen LogP contribution < -0.4 is 0 Å². The predicted molar refractivity (Wildman–Crippen MR) is 89.6 cm³/mol. The van der Waals surface area contributed by atoms with E-state index >= 15 is 0 Å². The molecular weight excluding hydrogens is 304 g/mol. The number of ketones is 1. The van der Waals surface area contributed by atoms with Gasteiger partial charge >= 0.3 is 6.16 Å². The molecule has 0 saturated heterocycles. The van der Waals surface area contributed by atoms with Gasteiger partial charge in [-0.15, -0.1) is 0 Å². The minimum absolute atomic E-state index is 0.00161. The van der Waals surface area contributed by atoms with E-state index in [9.17, 15) is 9.59 Å². The average molecular weight is 332 g/mol. The van der Waals surface area contributed by atoms with Crippen LogP contribution in [-0.4, -0.2) is 23.1 Å². The summed E-state index contributed by atoms with van der Waals surface area (Å²) in [5.41, 5.74) is 1.57. The van der Waals surface area contributed by atoms with Gasteiger partial charge in [-0.25, -0.2) is 4.79 Å². The van der Waals surface area contributed by atoms with E-state index in [0.29, 0.717) is 30.0 Å². The first-order valence-electron chi connectivity index (χ1n) is 9.48. The van der Waals surface area contributed by atoms with Crippen molar-refractivity contribution in [3.05, 3.63) is 11.6 Å². The minimum atomic E-state index is -1.13. The van der Waals surface area contributed by atoms with Crippen molar-refractivity contribution in [3.8, 4) is 0 Å². The third-order valence-electron chi connectivity index (χ3n) is 8.12. The van der Waals surface area contributed by atoms with Gasteiger partial charge in [0.15, 0.2) is 5.78 Å². The summed E-state index contributed by atoms with van der Waals surface area (Å²) in [6.07, 6.45) is 8.70. The number of carbonyl (C=O) groups is 2. The Morgan fingerprint density at radius 3 is 2.67 bits per heavy atom. The van der Waals surface area contributed by atoms with Crippen molar-refractivity contribution in [2.75, 3.05) is 0 Å². The van der Waals surface area contributed by atoms with Crippen LogP contribution in [0, 0.1) is 28.6 Å². The number of allylic oxidation sites excluding steroid dienone is 1. The quantitative estimate of drug-likeness (QED) is 0.714. The van der Waals surface area contributed by atoms with Crippen LogP contribution in [-0.2, 0) is 9.53 Å². The Kier molecular flexibility index (Phi) is 3.59. The fourth-order valence-electron chi connectivity index (χ4n) is 6.83. The van der Waals surface area contributed by atoms with E-state index < -0.39 is 6.16 Å². The van der Waals surface area contributed by atoms with Crippen molar-refractivity contribution < 1.29 is 19.4 Å². The summed E-state index contributed by atoms with van der Waals surface area (Å²) in [5.74, 6) is 2.17. The van der Waals surface area contributed by atoms with Crippen molar-refractivity contribution >= 4 is 11.9 Å². The van der Waals surface area contributed by atoms with E-state index in [0.717, 1.165) is 44.9 Å². The molecule has 1 N–H and O–H groups in total. The molecule has 0 aromatic heterocycles. The molecule has 6 atom stereocenters. The second kappa shape index (κ2) is 5.34. The van der Waals surface area contributed by atoms with Crippen molar-refractivity contribution in [3.63, 3.8) is 0 Å². The van der Waals surface area contributed by atoms with E-state index in [4.69, 9.17) is 9.84 Å². The van der Waals surface area contributed by atoms with Crippen molar-refractivity contribution in [1.82, 2.24) is 0 Å². The lowest BCUT2D eigenvalue weighted by Gasteiger charge is -2.57. The summed E-state index contributed by atoms with van der Waals surface area (Å²) in [6, 6.07) is 0. The third-order valence-corrected chi connectivity index (χ3v) is 8.12. The topological polar surface area (TPSA) is 63.6 Å². The Labute approximate surface area is 143 Å². The first-order valence-corrected chi connectivity index (χ1v) is 9.48. The molecule has 0 aliphatic heterocycles. The lowest BCUT2D eigenvalue weighted by molar-refractivity contribution is -0.118. The molecule has 0 radical (unpaired) electrons. The van der Waals surface area contributed by atoms with Gasteiger partial charge in [-0.1, -0.05) is 19.4 Å². The Balaban J connectivity index is 1.62. The molecule has 4 aliphatic rings. The van der Waals surface area contributed by atoms with Crippen LogP contribution in [0.4, 0.5) is 4.79 Å². The first kappa shape index (κ1) is 16.2. The van der Waals surface area contributed by atoms with Gasteiger partial charge in [0.1, 0.15) is 6.10 Å². The highest BCUT2D eigenvalue weighted by Crippen LogP contribution is 2.65. The molecule has 0 aromatic rings. The Hall–Kier alpha value is -1.32. The van der Waals surface area contributed by atoms with Crippen LogP contribution in [0.1, 0.15) is 65.2 Å². The van der Waals surface area contributed by atoms with Gasteiger partial charge in [-0.05, 0) is 74.2 Å². The number of ether oxygens (including phenoxy) is 1. The zero-order valence-electron chi connectivity index (χ0n) is 14.7. The fraction of sp³-hybridized carbons (Fsp3) is 0.800. The number of carbonyl (C=O) groups excluding carboxylic acids is 1. The molecule has 4 rings (SSSR count). The SMILES string of the molecule is C[C@]12CC[C@H]3[C@@H](CCC4=CC(=O)CC[C@@]43C)[C@@H]1CC[C@@H]2OC(=O)O. The van der Waals surface area contributed by atoms with Gasteiger partial charge < -0.3 is 9.84 Å². The summed E-state index contributed by atoms with van der Waals surface area (Å²) < 4.78 is 5.27. The molecule has 132 valence electrons. The lowest BCUT2D eigenvalue weighted by Crippen LogP contribution is -2.51. The lowest BCUT2D eigenvalue weighted by atomic mass is 9.47. The van der Waals surface area contributed by atoms with Crippen molar-refractivity contribution in [2.24, 2.45) is 28.6 Å². The number of carboxylic acid groups (broad SMARTS) is 1. The van der Waals surface area contributed by atoms with Crippen LogP contribution >= 0.6 is 0 Å². The van der Waals surface area contributed by atoms with E-state index in [1.54, 1.807) is 0 Å². The van der Waals surface area contributed by atoms with E-state index in [2.05, 4.69) is 13.8 Å². The van der Waals surface area contributed by atoms with Gasteiger partial charge in [0.25, 0.3) is 0 Å². The Bertz CT molecular complexity index is 609. The van der Waals surface area contributed by atoms with E-state index in [-0.39, 0.29) is 16.9 Å². The van der Waals surface area contributed by atoms with Crippen LogP contribution in [0.3, 0.4) is 0 Å². The van der Waals surface area contributed by atoms with Gasteiger partial charge in [0.05, 0.1) is 0 Å². The molecule has 0 unspecified atom stereocenters. The van der Waals surface area contributed by atoms with Crippen LogP contribution in [0.2, 0.25) is 0 Å². The molecule has 3 saturated carbocycles. The zero-order chi connectivity index (χ0) is 17.1. The zero-order valence-corrected chi connectivity index (χ0v) is 14.7. The molecule has 0 aromatic carbocycles. The Morgan fingerprint density at radius 1 is 1.12 bits per heavy atom. The normalized spacial score (nSPS) is 47.2. The van der Waals surface area contributed by atoms with Crippen LogP contribution in [0.15, 0.2) is 11.6 Å². The molecule has 0 spiro atoms. The number of fused-ring (bicyclic) bond motifs is 5. The second-order valence-corrected chi connectivity index (χ2v) is 8.96. The highest BCUT2D eigenvalue weighted by Gasteiger charge is 2.59. The molecule has 4 nitrogen and oxygen atoms in total. The third kappa shape index (κ3) is 2.18. The van der Waals surface area contributed by atoms with E-state index in [1.165, 1.54) is 5.57 Å². The summed E-state index contributed by atoms with van der Waals surface area (Å²) in [5, 5.41) is 9.07. The number of rotatable bonds is 1. The summed E-state index contributed by atoms with van der Waals surface area (Å²) in [7, 11) is 0. The Morgan fingerprint density at radius 2 is 1.92 bits per heavy atom. The summed E-state index contributed by atoms with van der Waals surface area (Å²) >= 11 is 0. The van der Waals surface area contributed by atoms with E-state index in [1.807, 2.05) is 6.08 Å². The molecule has 24 heavy (non-hydrogen) atoms. The molecule has 0 heterocycles. The van der Waals surface area contributed by atoms with Crippen LogP contribution in [0.25, 0.3) is 0 Å². The predicted octanol–water partition coefficient (Wildman–Crippen LogP) is 4.58. The highest BCUT2D eigenvalue weighted by molar-refractivity contribution is 5.91. The van der Waals surface area contributed by atoms with Crippen molar-refractivity contribution in [2.45, 2.75) is 71.3 Å². The maximum absolute atomic E-state index is 11.9. The smallest absolute Gasteiger partial charge is 0.450 e. The largest absolute Gasteiger partial charge is 0.506 e. The molecule has 4 aliphatic carbocycles. The maximum atomic E-state index is 11.9. The molecular formula is C20H28O4. The van der Waals surface area contributed by atoms with Crippen LogP contribution in [0.5, 0.6) is 0 Å². The molecule has 4 heteroatoms. The summed E-state index contributed by atoms with van der Waals surface area (Å²) in [4.78, 5) is 22.9. The molecule has 0 bridgehead atoms. The number of hydrogen-bond acceptors (Lipinski definition) is 3. The highest BCUT2D eigenvalue weighted by atomic mass is 16.7. The second-order valence-electron chi connectivity index (χ2n) is 8.96. The number of hydrogen-bond donors (Lipinski definition) is 1. The maximum Gasteiger partial charge on any atom is 0.506 e. The van der Waals surface area contributed by atoms with Crippen molar-refractivity contribution in [1.29, 1.82) is 0 Å². The van der Waals surface area contributed by atoms with Gasteiger partial charge in [0.2, 0.25) is 0 Å². The molecule has 3 fully saturated rings. The monoisotopic (exact) mass is 332 g/mol. The minimum Gasteiger partial charge on any atom is -0.450 e.